The van der Waals surface area contributed by atoms with Crippen LogP contribution in [0.2, 0.25) is 0 Å². The molecule has 0 aliphatic rings. The molecule has 0 N–H and O–H groups in total. The Morgan fingerprint density at radius 2 is 1.43 bits per heavy atom. The van der Waals surface area contributed by atoms with Gasteiger partial charge in [-0.2, -0.15) is 0 Å². The normalized spacial score (nSPS) is 12.0. The van der Waals surface area contributed by atoms with Gasteiger partial charge in [0.15, 0.2) is 6.10 Å². The molecule has 0 radical (unpaired) electrons. The summed E-state index contributed by atoms with van der Waals surface area (Å²) in [5.41, 5.74) is 3.52. The van der Waals surface area contributed by atoms with Gasteiger partial charge in [-0.1, -0.05) is 55.8 Å². The van der Waals surface area contributed by atoms with Crippen LogP contribution in [0.3, 0.4) is 0 Å². The van der Waals surface area contributed by atoms with Gasteiger partial charge in [0.25, 0.3) is 0 Å². The lowest BCUT2D eigenvalue weighted by Crippen LogP contribution is -2.27. The summed E-state index contributed by atoms with van der Waals surface area (Å²) >= 11 is 0. The van der Waals surface area contributed by atoms with Crippen LogP contribution in [-0.2, 0) is 9.53 Å². The summed E-state index contributed by atoms with van der Waals surface area (Å²) in [4.78, 5) is 11.8. The molecule has 0 fully saturated rings. The number of rotatable bonds is 6. The molecular formula is C20H24O3. The van der Waals surface area contributed by atoms with Crippen molar-refractivity contribution in [2.75, 3.05) is 6.61 Å². The Balaban J connectivity index is 1.97. The van der Waals surface area contributed by atoms with Crippen molar-refractivity contribution in [1.82, 2.24) is 0 Å². The average molecular weight is 312 g/mol. The lowest BCUT2D eigenvalue weighted by atomic mass is 10.0. The molecule has 1 atom stereocenters. The third-order valence-corrected chi connectivity index (χ3v) is 3.44. The quantitative estimate of drug-likeness (QED) is 0.730. The molecular weight excluding hydrogens is 288 g/mol. The highest BCUT2D eigenvalue weighted by Crippen LogP contribution is 2.23. The van der Waals surface area contributed by atoms with E-state index in [1.165, 1.54) is 5.56 Å². The number of benzene rings is 2. The van der Waals surface area contributed by atoms with Crippen molar-refractivity contribution >= 4 is 5.97 Å². The number of carbonyl (C=O) groups excluding carboxylic acids is 1. The van der Waals surface area contributed by atoms with E-state index in [0.717, 1.165) is 11.1 Å². The van der Waals surface area contributed by atoms with Crippen LogP contribution in [0.25, 0.3) is 11.1 Å². The molecule has 2 aromatic rings. The van der Waals surface area contributed by atoms with E-state index in [9.17, 15) is 4.79 Å². The summed E-state index contributed by atoms with van der Waals surface area (Å²) in [6, 6.07) is 16.1. The second kappa shape index (κ2) is 7.82. The van der Waals surface area contributed by atoms with Crippen molar-refractivity contribution in [3.05, 3.63) is 54.1 Å². The van der Waals surface area contributed by atoms with Crippen LogP contribution in [0.4, 0.5) is 0 Å². The summed E-state index contributed by atoms with van der Waals surface area (Å²) in [6.45, 7) is 8.20. The van der Waals surface area contributed by atoms with Crippen LogP contribution in [0, 0.1) is 12.8 Å². The number of esters is 1. The highest BCUT2D eigenvalue weighted by Gasteiger charge is 2.16. The first kappa shape index (κ1) is 17.1. The Kier molecular flexibility index (Phi) is 5.80. The Morgan fingerprint density at radius 3 is 1.96 bits per heavy atom. The predicted octanol–water partition coefficient (Wildman–Crippen LogP) is 4.63. The molecule has 3 nitrogen and oxygen atoms in total. The highest BCUT2D eigenvalue weighted by molar-refractivity contribution is 5.74. The maximum absolute atomic E-state index is 11.8. The second-order valence-corrected chi connectivity index (χ2v) is 6.17. The van der Waals surface area contributed by atoms with E-state index in [2.05, 4.69) is 31.2 Å². The van der Waals surface area contributed by atoms with E-state index in [0.29, 0.717) is 18.3 Å². The second-order valence-electron chi connectivity index (χ2n) is 6.17. The smallest absolute Gasteiger partial charge is 0.347 e. The van der Waals surface area contributed by atoms with Crippen LogP contribution < -0.4 is 4.74 Å². The Morgan fingerprint density at radius 1 is 0.913 bits per heavy atom. The molecule has 0 amide bonds. The first-order chi connectivity index (χ1) is 11.0. The zero-order valence-electron chi connectivity index (χ0n) is 14.2. The van der Waals surface area contributed by atoms with Gasteiger partial charge in [-0.05, 0) is 43.0 Å². The summed E-state index contributed by atoms with van der Waals surface area (Å²) in [5.74, 6) is 0.649. The molecule has 0 spiro atoms. The minimum Gasteiger partial charge on any atom is -0.479 e. The van der Waals surface area contributed by atoms with Crippen molar-refractivity contribution in [2.45, 2.75) is 33.8 Å². The molecule has 122 valence electrons. The maximum Gasteiger partial charge on any atom is 0.347 e. The maximum atomic E-state index is 11.8. The zero-order chi connectivity index (χ0) is 16.8. The van der Waals surface area contributed by atoms with Gasteiger partial charge < -0.3 is 9.47 Å². The fourth-order valence-corrected chi connectivity index (χ4v) is 2.09. The molecule has 2 rings (SSSR count). The number of aryl methyl sites for hydroxylation is 1. The monoisotopic (exact) mass is 312 g/mol. The topological polar surface area (TPSA) is 35.5 Å². The molecule has 0 saturated carbocycles. The van der Waals surface area contributed by atoms with Gasteiger partial charge in [0.1, 0.15) is 5.75 Å². The molecule has 0 aliphatic carbocycles. The minimum absolute atomic E-state index is 0.319. The van der Waals surface area contributed by atoms with Crippen molar-refractivity contribution in [3.8, 4) is 16.9 Å². The molecule has 0 bridgehead atoms. The van der Waals surface area contributed by atoms with Crippen molar-refractivity contribution in [3.63, 3.8) is 0 Å². The Hall–Kier alpha value is -2.29. The molecule has 0 aliphatic heterocycles. The third-order valence-electron chi connectivity index (χ3n) is 3.44. The van der Waals surface area contributed by atoms with Gasteiger partial charge in [0.05, 0.1) is 6.61 Å². The van der Waals surface area contributed by atoms with E-state index in [1.807, 2.05) is 38.1 Å². The number of hydrogen-bond donors (Lipinski definition) is 0. The van der Waals surface area contributed by atoms with Gasteiger partial charge >= 0.3 is 5.97 Å². The Bertz CT molecular complexity index is 627. The minimum atomic E-state index is -0.612. The van der Waals surface area contributed by atoms with Crippen LogP contribution in [0.5, 0.6) is 5.75 Å². The molecule has 0 saturated heterocycles. The average Bonchev–Trinajstić information content (AvgIpc) is 2.54. The van der Waals surface area contributed by atoms with Crippen molar-refractivity contribution < 1.29 is 14.3 Å². The molecule has 3 heteroatoms. The lowest BCUT2D eigenvalue weighted by molar-refractivity contribution is -0.152. The first-order valence-electron chi connectivity index (χ1n) is 7.96. The first-order valence-corrected chi connectivity index (χ1v) is 7.96. The van der Waals surface area contributed by atoms with Gasteiger partial charge in [0, 0.05) is 0 Å². The molecule has 23 heavy (non-hydrogen) atoms. The molecule has 2 aromatic carbocycles. The van der Waals surface area contributed by atoms with Crippen molar-refractivity contribution in [1.29, 1.82) is 0 Å². The van der Waals surface area contributed by atoms with Gasteiger partial charge in [-0.15, -0.1) is 0 Å². The summed E-state index contributed by atoms with van der Waals surface area (Å²) in [6.07, 6.45) is -0.612. The summed E-state index contributed by atoms with van der Waals surface area (Å²) in [7, 11) is 0. The van der Waals surface area contributed by atoms with Gasteiger partial charge in [-0.3, -0.25) is 0 Å². The van der Waals surface area contributed by atoms with E-state index >= 15 is 0 Å². The van der Waals surface area contributed by atoms with E-state index in [-0.39, 0.29) is 5.97 Å². The predicted molar refractivity (Wildman–Crippen MR) is 92.5 cm³/mol. The van der Waals surface area contributed by atoms with E-state index in [1.54, 1.807) is 6.92 Å². The highest BCUT2D eigenvalue weighted by atomic mass is 16.6. The number of ether oxygens (including phenoxy) is 2. The van der Waals surface area contributed by atoms with E-state index in [4.69, 9.17) is 9.47 Å². The largest absolute Gasteiger partial charge is 0.479 e. The number of hydrogen-bond acceptors (Lipinski definition) is 3. The Labute approximate surface area is 138 Å². The van der Waals surface area contributed by atoms with Crippen LogP contribution in [-0.4, -0.2) is 18.7 Å². The van der Waals surface area contributed by atoms with Gasteiger partial charge in [-0.25, -0.2) is 4.79 Å². The van der Waals surface area contributed by atoms with E-state index < -0.39 is 6.10 Å². The fraction of sp³-hybridized carbons (Fsp3) is 0.350. The molecule has 0 aromatic heterocycles. The third kappa shape index (κ3) is 5.13. The van der Waals surface area contributed by atoms with Crippen LogP contribution in [0.15, 0.2) is 48.5 Å². The SMILES string of the molecule is Cc1ccc(-c2ccc(OC(C)C(=O)OCC(C)C)cc2)cc1. The number of carbonyl (C=O) groups is 1. The fourth-order valence-electron chi connectivity index (χ4n) is 2.09. The molecule has 0 heterocycles. The lowest BCUT2D eigenvalue weighted by Gasteiger charge is -2.15. The molecule has 1 unspecified atom stereocenters. The zero-order valence-corrected chi connectivity index (χ0v) is 14.2. The van der Waals surface area contributed by atoms with Crippen molar-refractivity contribution in [2.24, 2.45) is 5.92 Å². The summed E-state index contributed by atoms with van der Waals surface area (Å²) in [5, 5.41) is 0. The van der Waals surface area contributed by atoms with Crippen LogP contribution >= 0.6 is 0 Å². The van der Waals surface area contributed by atoms with Gasteiger partial charge in [0.2, 0.25) is 0 Å². The standard InChI is InChI=1S/C20H24O3/c1-14(2)13-22-20(21)16(4)23-19-11-9-18(10-12-19)17-7-5-15(3)6-8-17/h5-12,14,16H,13H2,1-4H3. The van der Waals surface area contributed by atoms with Crippen LogP contribution in [0.1, 0.15) is 26.3 Å². The summed E-state index contributed by atoms with van der Waals surface area (Å²) < 4.78 is 10.8.